The van der Waals surface area contributed by atoms with Gasteiger partial charge in [-0.25, -0.2) is 4.99 Å². The molecule has 0 aliphatic carbocycles. The van der Waals surface area contributed by atoms with E-state index in [1.807, 2.05) is 25.1 Å². The molecule has 4 nitrogen and oxygen atoms in total. The molecular formula is C15H22N2O2S. The van der Waals surface area contributed by atoms with Crippen LogP contribution < -0.4 is 5.73 Å². The Bertz CT molecular complexity index is 499. The van der Waals surface area contributed by atoms with Gasteiger partial charge in [-0.15, -0.1) is 0 Å². The van der Waals surface area contributed by atoms with Crippen molar-refractivity contribution in [3.63, 3.8) is 0 Å². The van der Waals surface area contributed by atoms with Crippen molar-refractivity contribution in [1.82, 2.24) is 0 Å². The lowest BCUT2D eigenvalue weighted by atomic mass is 10.1. The van der Waals surface area contributed by atoms with Gasteiger partial charge in [0.05, 0.1) is 11.6 Å². The molecule has 0 saturated carbocycles. The lowest BCUT2D eigenvalue weighted by Gasteiger charge is -2.09. The molecule has 20 heavy (non-hydrogen) atoms. The van der Waals surface area contributed by atoms with Crippen molar-refractivity contribution in [3.8, 4) is 0 Å². The molecule has 0 unspecified atom stereocenters. The van der Waals surface area contributed by atoms with Crippen LogP contribution >= 0.6 is 11.8 Å². The minimum atomic E-state index is -0.226. The minimum absolute atomic E-state index is 0.128. The number of hydrogen-bond acceptors (Lipinski definition) is 4. The van der Waals surface area contributed by atoms with E-state index in [1.165, 1.54) is 11.8 Å². The van der Waals surface area contributed by atoms with Gasteiger partial charge in [-0.3, -0.25) is 4.79 Å². The lowest BCUT2D eigenvalue weighted by molar-refractivity contribution is -0.144. The molecule has 5 heteroatoms. The Labute approximate surface area is 124 Å². The second-order valence-corrected chi connectivity index (χ2v) is 5.71. The van der Waals surface area contributed by atoms with Crippen molar-refractivity contribution >= 4 is 28.6 Å². The number of rotatable bonds is 5. The van der Waals surface area contributed by atoms with E-state index in [2.05, 4.69) is 11.9 Å². The average Bonchev–Trinajstić information content (AvgIpc) is 2.40. The Balaban J connectivity index is 2.68. The molecule has 0 fully saturated rings. The molecule has 0 amide bonds. The van der Waals surface area contributed by atoms with E-state index >= 15 is 0 Å². The van der Waals surface area contributed by atoms with E-state index in [1.54, 1.807) is 13.8 Å². The molecule has 0 saturated heterocycles. The van der Waals surface area contributed by atoms with Gasteiger partial charge >= 0.3 is 5.97 Å². The fraction of sp³-hybridized carbons (Fsp3) is 0.467. The monoisotopic (exact) mass is 294 g/mol. The fourth-order valence-electron chi connectivity index (χ4n) is 1.62. The van der Waals surface area contributed by atoms with E-state index in [0.717, 1.165) is 23.2 Å². The molecule has 110 valence electrons. The number of aryl methyl sites for hydroxylation is 2. The summed E-state index contributed by atoms with van der Waals surface area (Å²) < 4.78 is 5.06. The maximum atomic E-state index is 11.3. The molecule has 1 aromatic rings. The van der Waals surface area contributed by atoms with Crippen LogP contribution in [-0.4, -0.2) is 17.1 Å². The molecule has 0 bridgehead atoms. The first-order chi connectivity index (χ1) is 9.45. The third kappa shape index (κ3) is 4.89. The van der Waals surface area contributed by atoms with Crippen LogP contribution in [0.2, 0.25) is 0 Å². The maximum absolute atomic E-state index is 11.3. The second kappa shape index (κ2) is 7.94. The number of nitrogens with two attached hydrogens (primary N) is 1. The molecule has 0 aliphatic rings. The summed E-state index contributed by atoms with van der Waals surface area (Å²) in [7, 11) is 0. The summed E-state index contributed by atoms with van der Waals surface area (Å²) in [6.45, 7) is 7.69. The third-order valence-corrected chi connectivity index (χ3v) is 3.43. The summed E-state index contributed by atoms with van der Waals surface area (Å²) >= 11 is 1.23. The predicted octanol–water partition coefficient (Wildman–Crippen LogP) is 3.39. The molecule has 0 heterocycles. The highest BCUT2D eigenvalue weighted by Gasteiger charge is 2.09. The first-order valence-electron chi connectivity index (χ1n) is 6.67. The number of esters is 1. The fourth-order valence-corrected chi connectivity index (χ4v) is 2.07. The normalized spacial score (nSPS) is 11.8. The quantitative estimate of drug-likeness (QED) is 0.391. The zero-order chi connectivity index (χ0) is 15.1. The lowest BCUT2D eigenvalue weighted by Crippen LogP contribution is -2.14. The largest absolute Gasteiger partial charge is 0.454 e. The zero-order valence-corrected chi connectivity index (χ0v) is 13.3. The Kier molecular flexibility index (Phi) is 6.58. The molecule has 0 radical (unpaired) electrons. The highest BCUT2D eigenvalue weighted by Crippen LogP contribution is 2.25. The molecule has 0 spiro atoms. The number of thioether (sulfide) groups is 1. The standard InChI is InChI=1S/C15H22N2O2S/c1-5-12-8-6-7-11(4)13(12)17-15(16)20-9-19-14(18)10(2)3/h6-8,10H,5,9H2,1-4H3,(H2,16,17). The zero-order valence-electron chi connectivity index (χ0n) is 12.5. The first kappa shape index (κ1) is 16.6. The first-order valence-corrected chi connectivity index (χ1v) is 7.66. The van der Waals surface area contributed by atoms with Crippen LogP contribution in [0.15, 0.2) is 23.2 Å². The second-order valence-electron chi connectivity index (χ2n) is 4.77. The summed E-state index contributed by atoms with van der Waals surface area (Å²) in [6.07, 6.45) is 0.904. The van der Waals surface area contributed by atoms with Gasteiger partial charge in [0.2, 0.25) is 0 Å². The van der Waals surface area contributed by atoms with E-state index in [9.17, 15) is 4.79 Å². The predicted molar refractivity (Wildman–Crippen MR) is 85.2 cm³/mol. The van der Waals surface area contributed by atoms with Crippen LogP contribution in [0.1, 0.15) is 31.9 Å². The number of carbonyl (C=O) groups excluding carboxylic acids is 1. The van der Waals surface area contributed by atoms with E-state index < -0.39 is 0 Å². The molecule has 0 atom stereocenters. The number of aliphatic imine (C=N–C) groups is 1. The topological polar surface area (TPSA) is 64.7 Å². The van der Waals surface area contributed by atoms with Gasteiger partial charge in [-0.2, -0.15) is 0 Å². The number of para-hydroxylation sites is 1. The van der Waals surface area contributed by atoms with Crippen LogP contribution in [0, 0.1) is 12.8 Å². The molecule has 1 aromatic carbocycles. The Morgan fingerprint density at radius 3 is 2.75 bits per heavy atom. The van der Waals surface area contributed by atoms with Gasteiger partial charge in [0.1, 0.15) is 5.94 Å². The van der Waals surface area contributed by atoms with Crippen molar-refractivity contribution in [3.05, 3.63) is 29.3 Å². The van der Waals surface area contributed by atoms with Crippen LogP contribution in [-0.2, 0) is 16.0 Å². The molecular weight excluding hydrogens is 272 g/mol. The molecule has 1 rings (SSSR count). The van der Waals surface area contributed by atoms with Gasteiger partial charge in [-0.05, 0) is 36.2 Å². The van der Waals surface area contributed by atoms with Crippen LogP contribution in [0.5, 0.6) is 0 Å². The van der Waals surface area contributed by atoms with Crippen LogP contribution in [0.3, 0.4) is 0 Å². The SMILES string of the molecule is CCc1cccc(C)c1N=C(N)SCOC(=O)C(C)C. The molecule has 2 N–H and O–H groups in total. The number of benzene rings is 1. The summed E-state index contributed by atoms with van der Waals surface area (Å²) in [4.78, 5) is 15.8. The van der Waals surface area contributed by atoms with Gasteiger partial charge in [0, 0.05) is 0 Å². The number of carbonyl (C=O) groups is 1. The number of nitrogens with zero attached hydrogens (tertiary/aromatic N) is 1. The Morgan fingerprint density at radius 1 is 1.45 bits per heavy atom. The molecule has 0 aromatic heterocycles. The summed E-state index contributed by atoms with van der Waals surface area (Å²) in [5.74, 6) is -0.160. The minimum Gasteiger partial charge on any atom is -0.454 e. The average molecular weight is 294 g/mol. The number of hydrogen-bond donors (Lipinski definition) is 1. The van der Waals surface area contributed by atoms with E-state index in [-0.39, 0.29) is 17.8 Å². The van der Waals surface area contributed by atoms with Crippen molar-refractivity contribution < 1.29 is 9.53 Å². The van der Waals surface area contributed by atoms with Gasteiger partial charge in [0.25, 0.3) is 0 Å². The number of amidine groups is 1. The van der Waals surface area contributed by atoms with Crippen molar-refractivity contribution in [2.24, 2.45) is 16.6 Å². The maximum Gasteiger partial charge on any atom is 0.309 e. The summed E-state index contributed by atoms with van der Waals surface area (Å²) in [5.41, 5.74) is 9.04. The summed E-state index contributed by atoms with van der Waals surface area (Å²) in [5, 5.41) is 0.408. The van der Waals surface area contributed by atoms with E-state index in [0.29, 0.717) is 5.17 Å². The smallest absolute Gasteiger partial charge is 0.309 e. The van der Waals surface area contributed by atoms with E-state index in [4.69, 9.17) is 10.5 Å². The Morgan fingerprint density at radius 2 is 2.15 bits per heavy atom. The van der Waals surface area contributed by atoms with Crippen LogP contribution in [0.4, 0.5) is 5.69 Å². The van der Waals surface area contributed by atoms with Gasteiger partial charge in [0.15, 0.2) is 5.17 Å². The highest BCUT2D eigenvalue weighted by atomic mass is 32.2. The van der Waals surface area contributed by atoms with Gasteiger partial charge in [-0.1, -0.05) is 39.0 Å². The number of ether oxygens (including phenoxy) is 1. The highest BCUT2D eigenvalue weighted by molar-refractivity contribution is 8.13. The molecule has 0 aliphatic heterocycles. The summed E-state index contributed by atoms with van der Waals surface area (Å²) in [6, 6.07) is 6.07. The van der Waals surface area contributed by atoms with Crippen molar-refractivity contribution in [2.75, 3.05) is 5.94 Å². The van der Waals surface area contributed by atoms with Gasteiger partial charge < -0.3 is 10.5 Å². The Hall–Kier alpha value is -1.49. The van der Waals surface area contributed by atoms with Crippen LogP contribution in [0.25, 0.3) is 0 Å². The van der Waals surface area contributed by atoms with Crippen molar-refractivity contribution in [2.45, 2.75) is 34.1 Å². The van der Waals surface area contributed by atoms with Crippen molar-refractivity contribution in [1.29, 1.82) is 0 Å². The third-order valence-electron chi connectivity index (χ3n) is 2.80.